The van der Waals surface area contributed by atoms with Gasteiger partial charge < -0.3 is 4.74 Å². The molecule has 0 spiro atoms. The van der Waals surface area contributed by atoms with Gasteiger partial charge in [-0.3, -0.25) is 0 Å². The third-order valence-electron chi connectivity index (χ3n) is 4.05. The SMILES string of the molecule is CCCCCCC(=CC(=O)OCCCCCBr)CCCCCC. The van der Waals surface area contributed by atoms with Crippen LogP contribution >= 0.6 is 15.9 Å². The number of alkyl halides is 1. The minimum Gasteiger partial charge on any atom is -0.463 e. The molecule has 0 N–H and O–H groups in total. The number of ether oxygens (including phenoxy) is 1. The number of hydrogen-bond acceptors (Lipinski definition) is 2. The Bertz CT molecular complexity index is 286. The second kappa shape index (κ2) is 18.0. The molecule has 2 nitrogen and oxygen atoms in total. The molecule has 136 valence electrons. The second-order valence-corrected chi connectivity index (χ2v) is 7.13. The van der Waals surface area contributed by atoms with Gasteiger partial charge in [0.25, 0.3) is 0 Å². The maximum absolute atomic E-state index is 12.0. The topological polar surface area (TPSA) is 26.3 Å². The summed E-state index contributed by atoms with van der Waals surface area (Å²) >= 11 is 3.42. The molecule has 0 radical (unpaired) electrons. The lowest BCUT2D eigenvalue weighted by molar-refractivity contribution is -0.137. The molecular formula is C20H37BrO2. The molecule has 0 saturated heterocycles. The first-order chi connectivity index (χ1) is 11.2. The molecule has 3 heteroatoms. The summed E-state index contributed by atoms with van der Waals surface area (Å²) in [6.45, 7) is 5.02. The van der Waals surface area contributed by atoms with Gasteiger partial charge in [-0.15, -0.1) is 0 Å². The van der Waals surface area contributed by atoms with Crippen LogP contribution in [0, 0.1) is 0 Å². The highest BCUT2D eigenvalue weighted by Crippen LogP contribution is 2.17. The molecule has 0 aromatic heterocycles. The maximum atomic E-state index is 12.0. The van der Waals surface area contributed by atoms with Crippen LogP contribution < -0.4 is 0 Å². The molecule has 0 saturated carbocycles. The van der Waals surface area contributed by atoms with Gasteiger partial charge in [0.1, 0.15) is 0 Å². The Balaban J connectivity index is 4.12. The van der Waals surface area contributed by atoms with Crippen LogP contribution in [0.1, 0.15) is 97.3 Å². The molecular weight excluding hydrogens is 352 g/mol. The first-order valence-electron chi connectivity index (χ1n) is 9.66. The molecule has 23 heavy (non-hydrogen) atoms. The molecule has 0 heterocycles. The molecule has 0 fully saturated rings. The Morgan fingerprint density at radius 1 is 0.826 bits per heavy atom. The zero-order chi connectivity index (χ0) is 17.2. The van der Waals surface area contributed by atoms with Crippen molar-refractivity contribution < 1.29 is 9.53 Å². The minimum atomic E-state index is -0.134. The molecule has 0 bridgehead atoms. The van der Waals surface area contributed by atoms with Gasteiger partial charge in [0.2, 0.25) is 0 Å². The maximum Gasteiger partial charge on any atom is 0.330 e. The monoisotopic (exact) mass is 388 g/mol. The molecule has 0 aliphatic rings. The fourth-order valence-corrected chi connectivity index (χ4v) is 2.98. The van der Waals surface area contributed by atoms with E-state index in [1.165, 1.54) is 56.9 Å². The predicted molar refractivity (Wildman–Crippen MR) is 104 cm³/mol. The summed E-state index contributed by atoms with van der Waals surface area (Å²) in [6, 6.07) is 0. The van der Waals surface area contributed by atoms with Crippen molar-refractivity contribution in [3.05, 3.63) is 11.6 Å². The first kappa shape index (κ1) is 22.7. The highest BCUT2D eigenvalue weighted by Gasteiger charge is 2.04. The summed E-state index contributed by atoms with van der Waals surface area (Å²) in [5.74, 6) is -0.134. The Kier molecular flexibility index (Phi) is 17.8. The summed E-state index contributed by atoms with van der Waals surface area (Å²) in [5.41, 5.74) is 1.29. The van der Waals surface area contributed by atoms with Crippen molar-refractivity contribution in [1.29, 1.82) is 0 Å². The normalized spacial score (nSPS) is 10.6. The van der Waals surface area contributed by atoms with Gasteiger partial charge in [0.15, 0.2) is 0 Å². The molecule has 0 aliphatic carbocycles. The molecule has 0 unspecified atom stereocenters. The lowest BCUT2D eigenvalue weighted by Crippen LogP contribution is -2.04. The minimum absolute atomic E-state index is 0.134. The van der Waals surface area contributed by atoms with Crippen molar-refractivity contribution >= 4 is 21.9 Å². The third-order valence-corrected chi connectivity index (χ3v) is 4.61. The zero-order valence-corrected chi connectivity index (χ0v) is 17.0. The largest absolute Gasteiger partial charge is 0.463 e. The summed E-state index contributed by atoms with van der Waals surface area (Å²) in [4.78, 5) is 12.0. The summed E-state index contributed by atoms with van der Waals surface area (Å²) in [6.07, 6.45) is 17.2. The van der Waals surface area contributed by atoms with E-state index < -0.39 is 0 Å². The van der Waals surface area contributed by atoms with Crippen LogP contribution in [0.2, 0.25) is 0 Å². The third kappa shape index (κ3) is 16.3. The van der Waals surface area contributed by atoms with Crippen molar-refractivity contribution in [3.63, 3.8) is 0 Å². The van der Waals surface area contributed by atoms with E-state index in [1.807, 2.05) is 0 Å². The Morgan fingerprint density at radius 2 is 1.39 bits per heavy atom. The quantitative estimate of drug-likeness (QED) is 0.123. The number of rotatable bonds is 16. The van der Waals surface area contributed by atoms with Gasteiger partial charge >= 0.3 is 5.97 Å². The van der Waals surface area contributed by atoms with E-state index in [1.54, 1.807) is 6.08 Å². The molecule has 0 aromatic rings. The van der Waals surface area contributed by atoms with E-state index in [0.29, 0.717) is 6.61 Å². The smallest absolute Gasteiger partial charge is 0.330 e. The van der Waals surface area contributed by atoms with E-state index in [9.17, 15) is 4.79 Å². The van der Waals surface area contributed by atoms with Crippen LogP contribution in [0.15, 0.2) is 11.6 Å². The lowest BCUT2D eigenvalue weighted by Gasteiger charge is -2.08. The van der Waals surface area contributed by atoms with Crippen LogP contribution in [0.3, 0.4) is 0 Å². The molecule has 0 aliphatic heterocycles. The van der Waals surface area contributed by atoms with Gasteiger partial charge in [-0.25, -0.2) is 4.79 Å². The average molecular weight is 389 g/mol. The summed E-state index contributed by atoms with van der Waals surface area (Å²) in [7, 11) is 0. The first-order valence-corrected chi connectivity index (χ1v) is 10.8. The number of esters is 1. The predicted octanol–water partition coefficient (Wildman–Crippen LogP) is 6.96. The Hall–Kier alpha value is -0.310. The average Bonchev–Trinajstić information content (AvgIpc) is 2.55. The van der Waals surface area contributed by atoms with Crippen molar-refractivity contribution in [1.82, 2.24) is 0 Å². The number of allylic oxidation sites excluding steroid dienone is 1. The van der Waals surface area contributed by atoms with Gasteiger partial charge in [0.05, 0.1) is 6.61 Å². The standard InChI is InChI=1S/C20H37BrO2/c1-3-5-7-10-14-19(15-11-8-6-4-2)18-20(22)23-17-13-9-12-16-21/h18H,3-17H2,1-2H3. The zero-order valence-electron chi connectivity index (χ0n) is 15.4. The number of carbonyl (C=O) groups excluding carboxylic acids is 1. The van der Waals surface area contributed by atoms with Gasteiger partial charge in [-0.05, 0) is 44.9 Å². The van der Waals surface area contributed by atoms with Crippen LogP contribution in [-0.4, -0.2) is 17.9 Å². The molecule has 0 atom stereocenters. The van der Waals surface area contributed by atoms with Crippen LogP contribution in [0.25, 0.3) is 0 Å². The van der Waals surface area contributed by atoms with E-state index in [-0.39, 0.29) is 5.97 Å². The Labute approximate surface area is 152 Å². The molecule has 0 aromatic carbocycles. The fourth-order valence-electron chi connectivity index (χ4n) is 2.58. The van der Waals surface area contributed by atoms with Crippen molar-refractivity contribution in [3.8, 4) is 0 Å². The summed E-state index contributed by atoms with van der Waals surface area (Å²) in [5, 5.41) is 1.03. The number of hydrogen-bond donors (Lipinski definition) is 0. The van der Waals surface area contributed by atoms with Gasteiger partial charge in [-0.1, -0.05) is 73.9 Å². The van der Waals surface area contributed by atoms with Gasteiger partial charge in [-0.2, -0.15) is 0 Å². The van der Waals surface area contributed by atoms with Crippen LogP contribution in [0.5, 0.6) is 0 Å². The molecule has 0 rings (SSSR count). The van der Waals surface area contributed by atoms with Crippen molar-refractivity contribution in [2.24, 2.45) is 0 Å². The van der Waals surface area contributed by atoms with Crippen molar-refractivity contribution in [2.75, 3.05) is 11.9 Å². The van der Waals surface area contributed by atoms with E-state index >= 15 is 0 Å². The number of carbonyl (C=O) groups is 1. The van der Waals surface area contributed by atoms with Crippen LogP contribution in [0.4, 0.5) is 0 Å². The highest BCUT2D eigenvalue weighted by molar-refractivity contribution is 9.09. The van der Waals surface area contributed by atoms with E-state index in [0.717, 1.165) is 37.4 Å². The van der Waals surface area contributed by atoms with Gasteiger partial charge in [0, 0.05) is 11.4 Å². The number of unbranched alkanes of at least 4 members (excludes halogenated alkanes) is 8. The van der Waals surface area contributed by atoms with Crippen molar-refractivity contribution in [2.45, 2.75) is 97.3 Å². The second-order valence-electron chi connectivity index (χ2n) is 6.34. The highest BCUT2D eigenvalue weighted by atomic mass is 79.9. The van der Waals surface area contributed by atoms with Crippen LogP contribution in [-0.2, 0) is 9.53 Å². The Morgan fingerprint density at radius 3 is 1.91 bits per heavy atom. The van der Waals surface area contributed by atoms with E-state index in [2.05, 4.69) is 29.8 Å². The van der Waals surface area contributed by atoms with E-state index in [4.69, 9.17) is 4.74 Å². The fraction of sp³-hybridized carbons (Fsp3) is 0.850. The summed E-state index contributed by atoms with van der Waals surface area (Å²) < 4.78 is 5.34. The number of halogens is 1. The molecule has 0 amide bonds. The lowest BCUT2D eigenvalue weighted by atomic mass is 10.00.